The van der Waals surface area contributed by atoms with Crippen LogP contribution in [0.1, 0.15) is 30.6 Å². The van der Waals surface area contributed by atoms with E-state index in [9.17, 15) is 4.79 Å². The van der Waals surface area contributed by atoms with E-state index in [0.717, 1.165) is 26.9 Å². The molecule has 1 aromatic heterocycles. The summed E-state index contributed by atoms with van der Waals surface area (Å²) in [5.74, 6) is 0.103. The summed E-state index contributed by atoms with van der Waals surface area (Å²) in [6.07, 6.45) is 1.04. The van der Waals surface area contributed by atoms with Gasteiger partial charge in [0.2, 0.25) is 5.13 Å². The van der Waals surface area contributed by atoms with E-state index >= 15 is 0 Å². The molecule has 7 heteroatoms. The van der Waals surface area contributed by atoms with Gasteiger partial charge in [-0.1, -0.05) is 58.1 Å². The predicted molar refractivity (Wildman–Crippen MR) is 92.5 cm³/mol. The molecule has 21 heavy (non-hydrogen) atoms. The minimum Gasteiger partial charge on any atom is -0.360 e. The van der Waals surface area contributed by atoms with E-state index in [-0.39, 0.29) is 11.0 Å². The fourth-order valence-electron chi connectivity index (χ4n) is 1.61. The zero-order chi connectivity index (χ0) is 15.2. The number of ketones is 1. The van der Waals surface area contributed by atoms with Gasteiger partial charge in [0.05, 0.1) is 5.25 Å². The van der Waals surface area contributed by atoms with Gasteiger partial charge in [-0.15, -0.1) is 10.2 Å². The number of anilines is 1. The number of hydrogen-bond acceptors (Lipinski definition) is 6. The summed E-state index contributed by atoms with van der Waals surface area (Å²) in [7, 11) is 0. The quantitative estimate of drug-likeness (QED) is 0.562. The molecule has 2 rings (SSSR count). The molecule has 0 fully saturated rings. The predicted octanol–water partition coefficient (Wildman–Crippen LogP) is 4.49. The second-order valence-corrected chi connectivity index (χ2v) is 7.91. The van der Waals surface area contributed by atoms with Crippen molar-refractivity contribution in [2.45, 2.75) is 29.9 Å². The number of aromatic nitrogens is 2. The first-order valence-electron chi connectivity index (χ1n) is 6.64. The van der Waals surface area contributed by atoms with E-state index in [1.54, 1.807) is 0 Å². The van der Waals surface area contributed by atoms with Crippen molar-refractivity contribution in [2.24, 2.45) is 0 Å². The van der Waals surface area contributed by atoms with Gasteiger partial charge in [-0.3, -0.25) is 4.79 Å². The number of carbonyl (C=O) groups excluding carboxylic acids is 1. The summed E-state index contributed by atoms with van der Waals surface area (Å²) in [6.45, 7) is 4.88. The standard InChI is InChI=1S/C14H16BrN3OS2/c1-3-8-16-13-17-18-14(21-13)20-9(2)12(19)10-4-6-11(15)7-5-10/h4-7,9H,3,8H2,1-2H3,(H,16,17)/t9-/m1/s1. The maximum Gasteiger partial charge on any atom is 0.206 e. The number of hydrogen-bond donors (Lipinski definition) is 1. The second-order valence-electron chi connectivity index (χ2n) is 4.43. The van der Waals surface area contributed by atoms with E-state index in [1.807, 2.05) is 31.2 Å². The monoisotopic (exact) mass is 385 g/mol. The lowest BCUT2D eigenvalue weighted by molar-refractivity contribution is 0.0994. The first-order valence-corrected chi connectivity index (χ1v) is 9.13. The molecule has 0 radical (unpaired) electrons. The van der Waals surface area contributed by atoms with Gasteiger partial charge in [0.25, 0.3) is 0 Å². The van der Waals surface area contributed by atoms with Crippen LogP contribution in [0.15, 0.2) is 33.1 Å². The Labute approximate surface area is 140 Å². The van der Waals surface area contributed by atoms with Gasteiger partial charge in [0.15, 0.2) is 10.1 Å². The Hall–Kier alpha value is -0.920. The van der Waals surface area contributed by atoms with E-state index < -0.39 is 0 Å². The molecule has 112 valence electrons. The normalized spacial score (nSPS) is 12.1. The fraction of sp³-hybridized carbons (Fsp3) is 0.357. The molecular formula is C14H16BrN3OS2. The van der Waals surface area contributed by atoms with Crippen molar-refractivity contribution in [3.63, 3.8) is 0 Å². The summed E-state index contributed by atoms with van der Waals surface area (Å²) >= 11 is 6.30. The van der Waals surface area contributed by atoms with Crippen LogP contribution in [0.3, 0.4) is 0 Å². The van der Waals surface area contributed by atoms with E-state index in [0.29, 0.717) is 5.56 Å². The highest BCUT2D eigenvalue weighted by Crippen LogP contribution is 2.30. The molecule has 2 aromatic rings. The zero-order valence-corrected chi connectivity index (χ0v) is 15.0. The molecule has 4 nitrogen and oxygen atoms in total. The molecule has 1 N–H and O–H groups in total. The van der Waals surface area contributed by atoms with Crippen molar-refractivity contribution in [2.75, 3.05) is 11.9 Å². The van der Waals surface area contributed by atoms with Crippen LogP contribution in [-0.4, -0.2) is 27.8 Å². The number of rotatable bonds is 7. The summed E-state index contributed by atoms with van der Waals surface area (Å²) in [6, 6.07) is 7.42. The number of benzene rings is 1. The van der Waals surface area contributed by atoms with Crippen LogP contribution >= 0.6 is 39.0 Å². The van der Waals surface area contributed by atoms with E-state index in [1.165, 1.54) is 23.1 Å². The number of nitrogens with one attached hydrogen (secondary N) is 1. The topological polar surface area (TPSA) is 54.9 Å². The number of nitrogens with zero attached hydrogens (tertiary/aromatic N) is 2. The summed E-state index contributed by atoms with van der Waals surface area (Å²) in [5.41, 5.74) is 0.715. The lowest BCUT2D eigenvalue weighted by atomic mass is 10.1. The van der Waals surface area contributed by atoms with Crippen molar-refractivity contribution >= 4 is 49.9 Å². The minimum atomic E-state index is -0.182. The molecule has 1 atom stereocenters. The highest BCUT2D eigenvalue weighted by Gasteiger charge is 2.18. The zero-order valence-electron chi connectivity index (χ0n) is 11.8. The maximum atomic E-state index is 12.3. The lowest BCUT2D eigenvalue weighted by Gasteiger charge is -2.07. The summed E-state index contributed by atoms with van der Waals surface area (Å²) < 4.78 is 1.78. The van der Waals surface area contributed by atoms with Crippen LogP contribution in [0.25, 0.3) is 0 Å². The van der Waals surface area contributed by atoms with E-state index in [4.69, 9.17) is 0 Å². The number of halogens is 1. The number of Topliss-reactive ketones (excluding diaryl/α,β-unsaturated/α-hetero) is 1. The molecule has 0 aliphatic rings. The molecule has 0 saturated carbocycles. The van der Waals surface area contributed by atoms with Gasteiger partial charge < -0.3 is 5.32 Å². The summed E-state index contributed by atoms with van der Waals surface area (Å²) in [5, 5.41) is 12.0. The maximum absolute atomic E-state index is 12.3. The first-order chi connectivity index (χ1) is 10.1. The van der Waals surface area contributed by atoms with Crippen molar-refractivity contribution in [1.29, 1.82) is 0 Å². The van der Waals surface area contributed by atoms with Gasteiger partial charge in [-0.05, 0) is 25.5 Å². The van der Waals surface area contributed by atoms with E-state index in [2.05, 4.69) is 38.4 Å². The smallest absolute Gasteiger partial charge is 0.206 e. The fourth-order valence-corrected chi connectivity index (χ4v) is 3.88. The average Bonchev–Trinajstić information content (AvgIpc) is 2.92. The average molecular weight is 386 g/mol. The van der Waals surface area contributed by atoms with Crippen molar-refractivity contribution in [3.05, 3.63) is 34.3 Å². The molecule has 0 aliphatic heterocycles. The Morgan fingerprint density at radius 2 is 2.10 bits per heavy atom. The summed E-state index contributed by atoms with van der Waals surface area (Å²) in [4.78, 5) is 12.3. The molecule has 1 aromatic carbocycles. The minimum absolute atomic E-state index is 0.103. The molecule has 0 amide bonds. The Balaban J connectivity index is 1.97. The van der Waals surface area contributed by atoms with Gasteiger partial charge in [0, 0.05) is 16.6 Å². The van der Waals surface area contributed by atoms with Crippen molar-refractivity contribution in [3.8, 4) is 0 Å². The number of thioether (sulfide) groups is 1. The molecule has 0 saturated heterocycles. The Morgan fingerprint density at radius 3 is 2.76 bits per heavy atom. The SMILES string of the molecule is CCCNc1nnc(S[C@H](C)C(=O)c2ccc(Br)cc2)s1. The third-order valence-corrected chi connectivity index (χ3v) is 5.30. The second kappa shape index (κ2) is 7.91. The van der Waals surface area contributed by atoms with Crippen LogP contribution in [0.2, 0.25) is 0 Å². The molecule has 0 bridgehead atoms. The molecule has 1 heterocycles. The third-order valence-electron chi connectivity index (χ3n) is 2.71. The Kier molecular flexibility index (Phi) is 6.20. The molecular weight excluding hydrogens is 370 g/mol. The highest BCUT2D eigenvalue weighted by molar-refractivity contribution is 9.10. The van der Waals surface area contributed by atoms with Crippen LogP contribution in [0.5, 0.6) is 0 Å². The van der Waals surface area contributed by atoms with Crippen molar-refractivity contribution in [1.82, 2.24) is 10.2 Å². The largest absolute Gasteiger partial charge is 0.360 e. The van der Waals surface area contributed by atoms with Gasteiger partial charge in [-0.25, -0.2) is 0 Å². The van der Waals surface area contributed by atoms with Crippen LogP contribution in [0.4, 0.5) is 5.13 Å². The highest BCUT2D eigenvalue weighted by atomic mass is 79.9. The molecule has 0 spiro atoms. The molecule has 0 aliphatic carbocycles. The van der Waals surface area contributed by atoms with Crippen molar-refractivity contribution < 1.29 is 4.79 Å². The Bertz CT molecular complexity index is 601. The van der Waals surface area contributed by atoms with Crippen LogP contribution < -0.4 is 5.32 Å². The first kappa shape index (κ1) is 16.5. The van der Waals surface area contributed by atoms with Gasteiger partial charge >= 0.3 is 0 Å². The Morgan fingerprint density at radius 1 is 1.38 bits per heavy atom. The lowest BCUT2D eigenvalue weighted by Crippen LogP contribution is -2.13. The molecule has 0 unspecified atom stereocenters. The van der Waals surface area contributed by atoms with Gasteiger partial charge in [0.1, 0.15) is 0 Å². The van der Waals surface area contributed by atoms with Crippen LogP contribution in [0, 0.1) is 0 Å². The third kappa shape index (κ3) is 4.79. The van der Waals surface area contributed by atoms with Gasteiger partial charge in [-0.2, -0.15) is 0 Å². The van der Waals surface area contributed by atoms with Crippen LogP contribution in [-0.2, 0) is 0 Å². The number of carbonyl (C=O) groups is 1.